The fraction of sp³-hybridized carbons (Fsp3) is 0.357. The van der Waals surface area contributed by atoms with Gasteiger partial charge in [-0.3, -0.25) is 24.2 Å². The lowest BCUT2D eigenvalue weighted by atomic mass is 10.0. The Morgan fingerprint density at radius 2 is 1.92 bits per heavy atom. The van der Waals surface area contributed by atoms with Crippen molar-refractivity contribution in [2.24, 2.45) is 5.92 Å². The zero-order valence-electron chi connectivity index (χ0n) is 21.7. The van der Waals surface area contributed by atoms with Gasteiger partial charge < -0.3 is 19.8 Å². The minimum absolute atomic E-state index is 0.0926. The highest BCUT2D eigenvalue weighted by Gasteiger charge is 2.22. The van der Waals surface area contributed by atoms with Crippen molar-refractivity contribution in [3.05, 3.63) is 72.2 Å². The second-order valence-corrected chi connectivity index (χ2v) is 8.66. The fourth-order valence-electron chi connectivity index (χ4n) is 3.74. The second kappa shape index (κ2) is 15.2. The molecule has 0 spiro atoms. The lowest BCUT2D eigenvalue weighted by Crippen LogP contribution is -2.43. The summed E-state index contributed by atoms with van der Waals surface area (Å²) in [6.45, 7) is 2.31. The number of furan rings is 1. The van der Waals surface area contributed by atoms with Crippen LogP contribution < -0.4 is 15.4 Å². The van der Waals surface area contributed by atoms with E-state index in [4.69, 9.17) is 14.0 Å². The maximum Gasteiger partial charge on any atom is 0.288 e. The Morgan fingerprint density at radius 1 is 1.11 bits per heavy atom. The van der Waals surface area contributed by atoms with Crippen molar-refractivity contribution in [2.75, 3.05) is 20.3 Å². The summed E-state index contributed by atoms with van der Waals surface area (Å²) in [7, 11) is 1.54. The molecule has 2 heterocycles. The molecule has 10 nitrogen and oxygen atoms in total. The molecule has 0 saturated heterocycles. The van der Waals surface area contributed by atoms with E-state index in [1.165, 1.54) is 0 Å². The highest BCUT2D eigenvalue weighted by atomic mass is 16.7. The maximum atomic E-state index is 12.9. The number of carbonyl (C=O) groups is 3. The molecule has 0 aliphatic carbocycles. The van der Waals surface area contributed by atoms with E-state index < -0.39 is 11.8 Å². The number of carbonyl (C=O) groups excluding carboxylic acids is 3. The first-order chi connectivity index (χ1) is 18.5. The van der Waals surface area contributed by atoms with Gasteiger partial charge >= 0.3 is 0 Å². The first-order valence-electron chi connectivity index (χ1n) is 12.6. The van der Waals surface area contributed by atoms with Crippen molar-refractivity contribution >= 4 is 18.2 Å². The Morgan fingerprint density at radius 3 is 2.66 bits per heavy atom. The number of nitrogens with zero attached hydrogens (tertiary/aromatic N) is 2. The van der Waals surface area contributed by atoms with Crippen LogP contribution in [0.25, 0.3) is 11.3 Å². The Labute approximate surface area is 222 Å². The Balaban J connectivity index is 1.52. The van der Waals surface area contributed by atoms with E-state index in [1.807, 2.05) is 30.3 Å². The van der Waals surface area contributed by atoms with Crippen molar-refractivity contribution in [3.63, 3.8) is 0 Å². The molecule has 0 bridgehead atoms. The van der Waals surface area contributed by atoms with Crippen LogP contribution >= 0.6 is 0 Å². The van der Waals surface area contributed by atoms with Crippen LogP contribution in [-0.4, -0.2) is 48.6 Å². The average Bonchev–Trinajstić information content (AvgIpc) is 3.45. The fourth-order valence-corrected chi connectivity index (χ4v) is 3.74. The van der Waals surface area contributed by atoms with Crippen molar-refractivity contribution in [1.29, 1.82) is 0 Å². The molecule has 0 aliphatic heterocycles. The minimum atomic E-state index is -0.491. The van der Waals surface area contributed by atoms with E-state index in [0.717, 1.165) is 29.9 Å². The largest absolute Gasteiger partial charge is 0.495 e. The Bertz CT molecular complexity index is 1170. The first-order valence-corrected chi connectivity index (χ1v) is 12.6. The number of rotatable bonds is 16. The van der Waals surface area contributed by atoms with Crippen LogP contribution in [0.15, 0.2) is 65.3 Å². The molecule has 3 rings (SSSR count). The summed E-state index contributed by atoms with van der Waals surface area (Å²) in [6, 6.07) is 14.4. The predicted molar refractivity (Wildman–Crippen MR) is 141 cm³/mol. The summed E-state index contributed by atoms with van der Waals surface area (Å²) < 4.78 is 10.8. The molecular weight excluding hydrogens is 488 g/mol. The molecule has 0 fully saturated rings. The molecule has 1 atom stereocenters. The third-order valence-electron chi connectivity index (χ3n) is 5.86. The molecule has 0 aliphatic rings. The van der Waals surface area contributed by atoms with Gasteiger partial charge in [0.1, 0.15) is 18.1 Å². The number of hydrogen-bond donors (Lipinski definition) is 2. The van der Waals surface area contributed by atoms with Crippen LogP contribution in [-0.2, 0) is 21.0 Å². The van der Waals surface area contributed by atoms with E-state index in [9.17, 15) is 14.4 Å². The lowest BCUT2D eigenvalue weighted by molar-refractivity contribution is -0.182. The van der Waals surface area contributed by atoms with Crippen molar-refractivity contribution < 1.29 is 28.4 Å². The van der Waals surface area contributed by atoms with Crippen molar-refractivity contribution in [3.8, 4) is 17.1 Å². The van der Waals surface area contributed by atoms with Crippen molar-refractivity contribution in [1.82, 2.24) is 20.7 Å². The molecule has 2 N–H and O–H groups in total. The Hall–Kier alpha value is -4.18. The number of methoxy groups -OCH3 is 1. The van der Waals surface area contributed by atoms with E-state index in [2.05, 4.69) is 22.5 Å². The molecule has 0 unspecified atom stereocenters. The zero-order chi connectivity index (χ0) is 27.2. The van der Waals surface area contributed by atoms with Gasteiger partial charge in [0.05, 0.1) is 32.4 Å². The lowest BCUT2D eigenvalue weighted by Gasteiger charge is -2.23. The van der Waals surface area contributed by atoms with Crippen LogP contribution in [0, 0.1) is 5.92 Å². The van der Waals surface area contributed by atoms with Crippen LogP contribution in [0.2, 0.25) is 0 Å². The average molecular weight is 523 g/mol. The summed E-state index contributed by atoms with van der Waals surface area (Å²) in [5.41, 5.74) is 1.58. The monoisotopic (exact) mass is 522 g/mol. The molecule has 0 radical (unpaired) electrons. The summed E-state index contributed by atoms with van der Waals surface area (Å²) in [4.78, 5) is 46.8. The third kappa shape index (κ3) is 8.74. The van der Waals surface area contributed by atoms with Gasteiger partial charge in [-0.05, 0) is 30.2 Å². The topological polar surface area (TPSA) is 123 Å². The predicted octanol–water partition coefficient (Wildman–Crippen LogP) is 3.94. The summed E-state index contributed by atoms with van der Waals surface area (Å²) in [6.07, 6.45) is 7.15. The van der Waals surface area contributed by atoms with Crippen LogP contribution in [0.3, 0.4) is 0 Å². The van der Waals surface area contributed by atoms with E-state index in [1.54, 1.807) is 37.7 Å². The molecule has 38 heavy (non-hydrogen) atoms. The van der Waals surface area contributed by atoms with Gasteiger partial charge in [0, 0.05) is 11.8 Å². The van der Waals surface area contributed by atoms with E-state index >= 15 is 0 Å². The van der Waals surface area contributed by atoms with Crippen LogP contribution in [0.5, 0.6) is 5.75 Å². The number of pyridine rings is 1. The molecule has 3 aromatic rings. The normalized spacial score (nSPS) is 11.4. The minimum Gasteiger partial charge on any atom is -0.495 e. The number of benzene rings is 1. The number of aromatic nitrogens is 1. The maximum absolute atomic E-state index is 12.9. The quantitative estimate of drug-likeness (QED) is 0.126. The summed E-state index contributed by atoms with van der Waals surface area (Å²) in [5.74, 6) is -0.117. The molecule has 2 aromatic heterocycles. The smallest absolute Gasteiger partial charge is 0.288 e. The molecule has 0 saturated carbocycles. The molecule has 3 amide bonds. The molecule has 10 heteroatoms. The summed E-state index contributed by atoms with van der Waals surface area (Å²) in [5, 5.41) is 6.52. The van der Waals surface area contributed by atoms with Gasteiger partial charge in [-0.1, -0.05) is 56.5 Å². The third-order valence-corrected chi connectivity index (χ3v) is 5.86. The van der Waals surface area contributed by atoms with Gasteiger partial charge in [-0.15, -0.1) is 0 Å². The van der Waals surface area contributed by atoms with Gasteiger partial charge in [-0.2, -0.15) is 0 Å². The number of hydroxylamine groups is 2. The highest BCUT2D eigenvalue weighted by Crippen LogP contribution is 2.24. The Kier molecular flexibility index (Phi) is 11.3. The number of hydrogen-bond acceptors (Lipinski definition) is 7. The van der Waals surface area contributed by atoms with E-state index in [-0.39, 0.29) is 31.5 Å². The van der Waals surface area contributed by atoms with Crippen LogP contribution in [0.1, 0.15) is 48.7 Å². The number of unbranched alkanes of at least 4 members (excludes halogenated alkanes) is 2. The zero-order valence-corrected chi connectivity index (χ0v) is 21.7. The molecular formula is C28H34N4O6. The first kappa shape index (κ1) is 28.4. The highest BCUT2D eigenvalue weighted by molar-refractivity contribution is 5.92. The van der Waals surface area contributed by atoms with Crippen molar-refractivity contribution in [2.45, 2.75) is 39.2 Å². The standard InChI is InChI=1S/C28H34N4O6/c1-3-4-6-11-22(17-32(20-33)37-18-21-9-7-5-8-10-21)27(34)30-19-31-28(35)26-13-12-25(38-26)23-14-24(36-2)16-29-15-23/h5,7-10,12-16,20,22H,3-4,6,11,17-19H2,1-2H3,(H,30,34)(H,31,35)/t22-/m1/s1. The number of nitrogens with one attached hydrogen (secondary N) is 2. The van der Waals surface area contributed by atoms with E-state index in [0.29, 0.717) is 29.9 Å². The van der Waals surface area contributed by atoms with Gasteiger partial charge in [0.15, 0.2) is 5.76 Å². The molecule has 202 valence electrons. The van der Waals surface area contributed by atoms with Gasteiger partial charge in [-0.25, -0.2) is 5.06 Å². The number of amides is 3. The SMILES string of the molecule is CCCCC[C@H](CN(C=O)OCc1ccccc1)C(=O)NCNC(=O)c1ccc(-c2cncc(OC)c2)o1. The summed E-state index contributed by atoms with van der Waals surface area (Å²) >= 11 is 0. The van der Waals surface area contributed by atoms with Crippen LogP contribution in [0.4, 0.5) is 0 Å². The van der Waals surface area contributed by atoms with Gasteiger partial charge in [0.2, 0.25) is 12.3 Å². The molecule has 1 aromatic carbocycles. The number of ether oxygens (including phenoxy) is 1. The second-order valence-electron chi connectivity index (χ2n) is 8.66. The van der Waals surface area contributed by atoms with Gasteiger partial charge in [0.25, 0.3) is 5.91 Å².